The Bertz CT molecular complexity index is 505. The second-order valence-electron chi connectivity index (χ2n) is 3.61. The molecule has 1 aliphatic heterocycles. The van der Waals surface area contributed by atoms with Gasteiger partial charge in [-0.1, -0.05) is 0 Å². The third kappa shape index (κ3) is 1.57. The molecule has 15 heavy (non-hydrogen) atoms. The minimum absolute atomic E-state index is 0.466. The SMILES string of the molecule is [2H]c1cnn2cc(N3CCOCC3)ccc12. The zero-order chi connectivity index (χ0) is 11.0. The largest absolute Gasteiger partial charge is 0.378 e. The molecule has 1 saturated heterocycles. The predicted molar refractivity (Wildman–Crippen MR) is 58.2 cm³/mol. The Morgan fingerprint density at radius 1 is 1.33 bits per heavy atom. The van der Waals surface area contributed by atoms with Gasteiger partial charge in [-0.3, -0.25) is 0 Å². The molecule has 4 heteroatoms. The Kier molecular flexibility index (Phi) is 1.82. The van der Waals surface area contributed by atoms with Gasteiger partial charge >= 0.3 is 0 Å². The molecule has 0 spiro atoms. The molecule has 1 aliphatic rings. The van der Waals surface area contributed by atoms with E-state index in [-0.39, 0.29) is 0 Å². The first-order chi connectivity index (χ1) is 7.84. The fourth-order valence-corrected chi connectivity index (χ4v) is 1.85. The Morgan fingerprint density at radius 3 is 3.07 bits per heavy atom. The van der Waals surface area contributed by atoms with Gasteiger partial charge in [-0.25, -0.2) is 4.52 Å². The molecule has 0 bridgehead atoms. The van der Waals surface area contributed by atoms with Crippen LogP contribution in [0.4, 0.5) is 5.69 Å². The number of pyridine rings is 1. The van der Waals surface area contributed by atoms with E-state index in [1.807, 2.05) is 18.3 Å². The first kappa shape index (κ1) is 7.70. The summed E-state index contributed by atoms with van der Waals surface area (Å²) in [7, 11) is 0. The molecule has 0 N–H and O–H groups in total. The van der Waals surface area contributed by atoms with Gasteiger partial charge in [0.15, 0.2) is 0 Å². The molecule has 0 atom stereocenters. The lowest BCUT2D eigenvalue weighted by Gasteiger charge is -2.28. The normalized spacial score (nSPS) is 18.1. The first-order valence-electron chi connectivity index (χ1n) is 5.61. The predicted octanol–water partition coefficient (Wildman–Crippen LogP) is 1.17. The van der Waals surface area contributed by atoms with E-state index >= 15 is 0 Å². The van der Waals surface area contributed by atoms with E-state index in [2.05, 4.69) is 10.00 Å². The quantitative estimate of drug-likeness (QED) is 0.698. The summed E-state index contributed by atoms with van der Waals surface area (Å²) in [6, 6.07) is 4.45. The fraction of sp³-hybridized carbons (Fsp3) is 0.364. The van der Waals surface area contributed by atoms with E-state index in [1.54, 1.807) is 10.7 Å². The summed E-state index contributed by atoms with van der Waals surface area (Å²) >= 11 is 0. The summed E-state index contributed by atoms with van der Waals surface area (Å²) in [5, 5.41) is 4.14. The monoisotopic (exact) mass is 204 g/mol. The van der Waals surface area contributed by atoms with Gasteiger partial charge in [-0.2, -0.15) is 5.10 Å². The molecule has 0 saturated carbocycles. The summed E-state index contributed by atoms with van der Waals surface area (Å²) in [5.41, 5.74) is 1.98. The van der Waals surface area contributed by atoms with Crippen molar-refractivity contribution in [3.63, 3.8) is 0 Å². The Hall–Kier alpha value is -1.55. The van der Waals surface area contributed by atoms with Gasteiger partial charge in [0.2, 0.25) is 0 Å². The van der Waals surface area contributed by atoms with E-state index in [4.69, 9.17) is 6.11 Å². The molecular formula is C11H13N3O. The highest BCUT2D eigenvalue weighted by Crippen LogP contribution is 2.16. The van der Waals surface area contributed by atoms with Gasteiger partial charge < -0.3 is 9.64 Å². The van der Waals surface area contributed by atoms with E-state index in [0.29, 0.717) is 6.04 Å². The molecular weight excluding hydrogens is 190 g/mol. The lowest BCUT2D eigenvalue weighted by Crippen LogP contribution is -2.36. The number of ether oxygens (including phenoxy) is 1. The Morgan fingerprint density at radius 2 is 2.20 bits per heavy atom. The Labute approximate surface area is 89.5 Å². The lowest BCUT2D eigenvalue weighted by atomic mass is 10.3. The molecule has 0 aliphatic carbocycles. The topological polar surface area (TPSA) is 29.8 Å². The zero-order valence-corrected chi connectivity index (χ0v) is 8.39. The minimum atomic E-state index is 0.466. The number of nitrogens with zero attached hydrogens (tertiary/aromatic N) is 3. The van der Waals surface area contributed by atoms with Crippen LogP contribution in [-0.2, 0) is 4.74 Å². The molecule has 3 rings (SSSR count). The second-order valence-corrected chi connectivity index (χ2v) is 3.61. The summed E-state index contributed by atoms with van der Waals surface area (Å²) in [6.45, 7) is 3.39. The van der Waals surface area contributed by atoms with Crippen molar-refractivity contribution in [2.24, 2.45) is 0 Å². The number of anilines is 1. The highest BCUT2D eigenvalue weighted by Gasteiger charge is 2.11. The Balaban J connectivity index is 1.97. The van der Waals surface area contributed by atoms with E-state index in [1.165, 1.54) is 0 Å². The summed E-state index contributed by atoms with van der Waals surface area (Å²) in [5.74, 6) is 0. The number of hydrogen-bond donors (Lipinski definition) is 0. The van der Waals surface area contributed by atoms with Crippen molar-refractivity contribution in [1.29, 1.82) is 0 Å². The van der Waals surface area contributed by atoms with Crippen LogP contribution in [0.2, 0.25) is 0 Å². The van der Waals surface area contributed by atoms with Crippen molar-refractivity contribution in [3.05, 3.63) is 30.6 Å². The molecule has 2 aromatic heterocycles. The van der Waals surface area contributed by atoms with Crippen LogP contribution in [0.15, 0.2) is 30.6 Å². The number of aromatic nitrogens is 2. The van der Waals surface area contributed by atoms with Crippen LogP contribution in [0.25, 0.3) is 5.52 Å². The molecule has 78 valence electrons. The molecule has 0 radical (unpaired) electrons. The third-order valence-electron chi connectivity index (χ3n) is 2.68. The maximum Gasteiger partial charge on any atom is 0.0663 e. The van der Waals surface area contributed by atoms with Gasteiger partial charge in [0.1, 0.15) is 0 Å². The van der Waals surface area contributed by atoms with Crippen LogP contribution in [0, 0.1) is 0 Å². The number of hydrogen-bond acceptors (Lipinski definition) is 3. The van der Waals surface area contributed by atoms with Gasteiger partial charge in [0.25, 0.3) is 0 Å². The van der Waals surface area contributed by atoms with Crippen molar-refractivity contribution >= 4 is 11.2 Å². The van der Waals surface area contributed by atoms with Gasteiger partial charge in [0.05, 0.1) is 32.0 Å². The molecule has 0 unspecified atom stereocenters. The van der Waals surface area contributed by atoms with Crippen LogP contribution in [0.1, 0.15) is 1.37 Å². The molecule has 2 aromatic rings. The zero-order valence-electron chi connectivity index (χ0n) is 9.39. The average Bonchev–Trinajstić information content (AvgIpc) is 2.72. The average molecular weight is 204 g/mol. The maximum atomic E-state index is 7.64. The van der Waals surface area contributed by atoms with Crippen LogP contribution >= 0.6 is 0 Å². The minimum Gasteiger partial charge on any atom is -0.378 e. The van der Waals surface area contributed by atoms with Gasteiger partial charge in [0, 0.05) is 19.3 Å². The lowest BCUT2D eigenvalue weighted by molar-refractivity contribution is 0.122. The van der Waals surface area contributed by atoms with Crippen LogP contribution in [0.3, 0.4) is 0 Å². The highest BCUT2D eigenvalue weighted by atomic mass is 16.5. The van der Waals surface area contributed by atoms with Crippen molar-refractivity contribution in [3.8, 4) is 0 Å². The van der Waals surface area contributed by atoms with E-state index in [0.717, 1.165) is 37.5 Å². The highest BCUT2D eigenvalue weighted by molar-refractivity contribution is 5.54. The first-order valence-corrected chi connectivity index (χ1v) is 5.11. The second kappa shape index (κ2) is 3.55. The molecule has 0 aromatic carbocycles. The van der Waals surface area contributed by atoms with Crippen molar-refractivity contribution in [2.75, 3.05) is 31.2 Å². The smallest absolute Gasteiger partial charge is 0.0663 e. The number of morpholine rings is 1. The molecule has 4 nitrogen and oxygen atoms in total. The summed E-state index contributed by atoms with van der Waals surface area (Å²) in [6.07, 6.45) is 3.54. The van der Waals surface area contributed by atoms with Crippen molar-refractivity contribution < 1.29 is 6.11 Å². The van der Waals surface area contributed by atoms with Crippen molar-refractivity contribution in [1.82, 2.24) is 9.61 Å². The van der Waals surface area contributed by atoms with Crippen LogP contribution in [-0.4, -0.2) is 35.9 Å². The number of fused-ring (bicyclic) bond motifs is 1. The molecule has 0 amide bonds. The number of rotatable bonds is 1. The maximum absolute atomic E-state index is 7.64. The molecule has 1 fully saturated rings. The van der Waals surface area contributed by atoms with E-state index in [9.17, 15) is 0 Å². The standard InChI is InChI=1S/C11H13N3O/c1-2-11(13-5-7-15-8-6-13)9-14-10(1)3-4-12-14/h1-4,9H,5-8H2/i3D. The van der Waals surface area contributed by atoms with Crippen molar-refractivity contribution in [2.45, 2.75) is 0 Å². The van der Waals surface area contributed by atoms with Crippen LogP contribution in [0.5, 0.6) is 0 Å². The van der Waals surface area contributed by atoms with E-state index < -0.39 is 0 Å². The van der Waals surface area contributed by atoms with Gasteiger partial charge in [-0.15, -0.1) is 0 Å². The van der Waals surface area contributed by atoms with Gasteiger partial charge in [-0.05, 0) is 18.2 Å². The third-order valence-corrected chi connectivity index (χ3v) is 2.68. The van der Waals surface area contributed by atoms with Crippen LogP contribution < -0.4 is 4.90 Å². The fourth-order valence-electron chi connectivity index (χ4n) is 1.85. The summed E-state index contributed by atoms with van der Waals surface area (Å²) < 4.78 is 14.7. The summed E-state index contributed by atoms with van der Waals surface area (Å²) in [4.78, 5) is 2.27. The molecule has 3 heterocycles.